The third-order valence-electron chi connectivity index (χ3n) is 2.56. The second-order valence-electron chi connectivity index (χ2n) is 3.94. The van der Waals surface area contributed by atoms with Crippen LogP contribution < -0.4 is 4.72 Å². The Morgan fingerprint density at radius 2 is 2.25 bits per heavy atom. The fraction of sp³-hybridized carbons (Fsp3) is 0.167. The molecule has 8 heteroatoms. The van der Waals surface area contributed by atoms with E-state index in [4.69, 9.17) is 16.9 Å². The van der Waals surface area contributed by atoms with E-state index in [2.05, 4.69) is 14.7 Å². The molecular weight excluding hydrogens is 300 g/mol. The van der Waals surface area contributed by atoms with Crippen LogP contribution in [0.5, 0.6) is 0 Å². The van der Waals surface area contributed by atoms with Crippen molar-refractivity contribution in [2.75, 3.05) is 6.54 Å². The van der Waals surface area contributed by atoms with Gasteiger partial charge in [-0.1, -0.05) is 11.6 Å². The molecule has 0 aliphatic rings. The van der Waals surface area contributed by atoms with Crippen molar-refractivity contribution in [1.82, 2.24) is 14.7 Å². The molecule has 0 saturated heterocycles. The first kappa shape index (κ1) is 14.5. The molecule has 2 N–H and O–H groups in total. The fourth-order valence-corrected chi connectivity index (χ4v) is 3.15. The number of benzene rings is 1. The van der Waals surface area contributed by atoms with E-state index in [0.29, 0.717) is 12.2 Å². The molecule has 104 valence electrons. The molecule has 0 saturated carbocycles. The summed E-state index contributed by atoms with van der Waals surface area (Å²) in [6.07, 6.45) is 3.69. The van der Waals surface area contributed by atoms with Gasteiger partial charge >= 0.3 is 0 Å². The van der Waals surface area contributed by atoms with E-state index in [-0.39, 0.29) is 22.0 Å². The second kappa shape index (κ2) is 6.05. The molecule has 6 nitrogen and oxygen atoms in total. The zero-order valence-corrected chi connectivity index (χ0v) is 11.9. The Kier molecular flexibility index (Phi) is 4.39. The highest BCUT2D eigenvalue weighted by Crippen LogP contribution is 2.22. The molecule has 0 spiro atoms. The summed E-state index contributed by atoms with van der Waals surface area (Å²) in [5.41, 5.74) is 0.237. The van der Waals surface area contributed by atoms with E-state index in [9.17, 15) is 8.42 Å². The maximum absolute atomic E-state index is 12.1. The van der Waals surface area contributed by atoms with Crippen molar-refractivity contribution in [1.29, 1.82) is 5.26 Å². The van der Waals surface area contributed by atoms with Crippen LogP contribution >= 0.6 is 11.6 Å². The van der Waals surface area contributed by atoms with Gasteiger partial charge in [0.1, 0.15) is 10.7 Å². The van der Waals surface area contributed by atoms with Gasteiger partial charge in [-0.15, -0.1) is 0 Å². The molecule has 0 bridgehead atoms. The largest absolute Gasteiger partial charge is 0.349 e. The summed E-state index contributed by atoms with van der Waals surface area (Å²) in [5.74, 6) is 0.685. The zero-order chi connectivity index (χ0) is 14.6. The Hall–Kier alpha value is -1.88. The Morgan fingerprint density at radius 1 is 1.45 bits per heavy atom. The average Bonchev–Trinajstić information content (AvgIpc) is 2.92. The number of hydrogen-bond acceptors (Lipinski definition) is 4. The predicted octanol–water partition coefficient (Wildman–Crippen LogP) is 1.46. The molecule has 1 aromatic carbocycles. The number of aromatic nitrogens is 2. The SMILES string of the molecule is N#Cc1ccc(Cl)c(S(=O)(=O)NCCc2ncc[nH]2)c1. The van der Waals surface area contributed by atoms with Crippen LogP contribution in [0.4, 0.5) is 0 Å². The predicted molar refractivity (Wildman–Crippen MR) is 73.6 cm³/mol. The third-order valence-corrected chi connectivity index (χ3v) is 4.50. The molecule has 0 radical (unpaired) electrons. The van der Waals surface area contributed by atoms with Crippen LogP contribution in [-0.4, -0.2) is 24.9 Å². The van der Waals surface area contributed by atoms with E-state index >= 15 is 0 Å². The molecule has 0 atom stereocenters. The highest BCUT2D eigenvalue weighted by molar-refractivity contribution is 7.89. The topological polar surface area (TPSA) is 98.6 Å². The van der Waals surface area contributed by atoms with E-state index < -0.39 is 10.0 Å². The van der Waals surface area contributed by atoms with Gasteiger partial charge in [-0.05, 0) is 18.2 Å². The van der Waals surface area contributed by atoms with Crippen LogP contribution in [0.25, 0.3) is 0 Å². The Balaban J connectivity index is 2.12. The Morgan fingerprint density at radius 3 is 2.90 bits per heavy atom. The molecule has 2 rings (SSSR count). The number of aromatic amines is 1. The number of H-pyrrole nitrogens is 1. The summed E-state index contributed by atoms with van der Waals surface area (Å²) in [6, 6.07) is 5.98. The number of nitrogens with zero attached hydrogens (tertiary/aromatic N) is 2. The smallest absolute Gasteiger partial charge is 0.242 e. The highest BCUT2D eigenvalue weighted by Gasteiger charge is 2.18. The first-order valence-electron chi connectivity index (χ1n) is 5.70. The molecule has 0 aliphatic carbocycles. The van der Waals surface area contributed by atoms with Gasteiger partial charge in [0, 0.05) is 25.4 Å². The van der Waals surface area contributed by atoms with Crippen molar-refractivity contribution >= 4 is 21.6 Å². The van der Waals surface area contributed by atoms with Crippen LogP contribution in [0.2, 0.25) is 5.02 Å². The molecule has 0 unspecified atom stereocenters. The number of hydrogen-bond donors (Lipinski definition) is 2. The summed E-state index contributed by atoms with van der Waals surface area (Å²) in [7, 11) is -3.75. The van der Waals surface area contributed by atoms with Crippen molar-refractivity contribution in [3.05, 3.63) is 47.0 Å². The number of nitriles is 1. The molecule has 0 amide bonds. The quantitative estimate of drug-likeness (QED) is 0.873. The summed E-state index contributed by atoms with van der Waals surface area (Å²) in [4.78, 5) is 6.77. The lowest BCUT2D eigenvalue weighted by atomic mass is 10.2. The number of imidazole rings is 1. The normalized spacial score (nSPS) is 11.2. The summed E-state index contributed by atoms with van der Waals surface area (Å²) in [6.45, 7) is 0.183. The molecule has 1 heterocycles. The van der Waals surface area contributed by atoms with Gasteiger partial charge in [0.2, 0.25) is 10.0 Å². The molecule has 1 aromatic heterocycles. The first-order valence-corrected chi connectivity index (χ1v) is 7.56. The summed E-state index contributed by atoms with van der Waals surface area (Å²) in [5, 5.41) is 8.88. The Bertz CT molecular complexity index is 735. The van der Waals surface area contributed by atoms with Crippen LogP contribution in [0.15, 0.2) is 35.5 Å². The van der Waals surface area contributed by atoms with Crippen molar-refractivity contribution in [2.24, 2.45) is 0 Å². The maximum Gasteiger partial charge on any atom is 0.242 e. The van der Waals surface area contributed by atoms with Gasteiger partial charge in [0.05, 0.1) is 16.7 Å². The highest BCUT2D eigenvalue weighted by atomic mass is 35.5. The van der Waals surface area contributed by atoms with Crippen LogP contribution in [0.1, 0.15) is 11.4 Å². The van der Waals surface area contributed by atoms with E-state index in [1.54, 1.807) is 12.4 Å². The molecule has 2 aromatic rings. The minimum absolute atomic E-state index is 0.0782. The monoisotopic (exact) mass is 310 g/mol. The van der Waals surface area contributed by atoms with E-state index in [1.165, 1.54) is 18.2 Å². The maximum atomic E-state index is 12.1. The molecule has 0 fully saturated rings. The minimum Gasteiger partial charge on any atom is -0.349 e. The van der Waals surface area contributed by atoms with Gasteiger partial charge in [0.25, 0.3) is 0 Å². The molecular formula is C12H11ClN4O2S. The van der Waals surface area contributed by atoms with Gasteiger partial charge in [0.15, 0.2) is 0 Å². The molecule has 0 aliphatic heterocycles. The summed E-state index contributed by atoms with van der Waals surface area (Å²) < 4.78 is 26.7. The number of halogens is 1. The lowest BCUT2D eigenvalue weighted by molar-refractivity contribution is 0.581. The van der Waals surface area contributed by atoms with Gasteiger partial charge < -0.3 is 4.98 Å². The van der Waals surface area contributed by atoms with Gasteiger partial charge in [-0.3, -0.25) is 0 Å². The zero-order valence-electron chi connectivity index (χ0n) is 10.3. The van der Waals surface area contributed by atoms with Crippen LogP contribution in [-0.2, 0) is 16.4 Å². The van der Waals surface area contributed by atoms with Crippen LogP contribution in [0, 0.1) is 11.3 Å². The van der Waals surface area contributed by atoms with Crippen molar-refractivity contribution in [3.63, 3.8) is 0 Å². The Labute approximate surface area is 121 Å². The lowest BCUT2D eigenvalue weighted by Crippen LogP contribution is -2.26. The summed E-state index contributed by atoms with van der Waals surface area (Å²) >= 11 is 5.87. The number of rotatable bonds is 5. The first-order chi connectivity index (χ1) is 9.53. The van der Waals surface area contributed by atoms with E-state index in [1.807, 2.05) is 6.07 Å². The van der Waals surface area contributed by atoms with Gasteiger partial charge in [-0.2, -0.15) is 5.26 Å². The standard InChI is InChI=1S/C12H11ClN4O2S/c13-10-2-1-9(8-14)7-11(10)20(18,19)17-4-3-12-15-5-6-16-12/h1-2,5-7,17H,3-4H2,(H,15,16). The fourth-order valence-electron chi connectivity index (χ4n) is 1.60. The third kappa shape index (κ3) is 3.36. The second-order valence-corrected chi connectivity index (χ2v) is 6.08. The average molecular weight is 311 g/mol. The molecule has 20 heavy (non-hydrogen) atoms. The minimum atomic E-state index is -3.75. The number of nitrogens with one attached hydrogen (secondary N) is 2. The van der Waals surface area contributed by atoms with Crippen molar-refractivity contribution < 1.29 is 8.42 Å². The van der Waals surface area contributed by atoms with Crippen LogP contribution in [0.3, 0.4) is 0 Å². The van der Waals surface area contributed by atoms with E-state index in [0.717, 1.165) is 0 Å². The number of sulfonamides is 1. The van der Waals surface area contributed by atoms with Gasteiger partial charge in [-0.25, -0.2) is 18.1 Å². The van der Waals surface area contributed by atoms with Crippen molar-refractivity contribution in [2.45, 2.75) is 11.3 Å². The lowest BCUT2D eigenvalue weighted by Gasteiger charge is -2.08. The van der Waals surface area contributed by atoms with Crippen molar-refractivity contribution in [3.8, 4) is 6.07 Å².